The predicted molar refractivity (Wildman–Crippen MR) is 56.8 cm³/mol. The molecule has 1 aromatic carbocycles. The summed E-state index contributed by atoms with van der Waals surface area (Å²) in [5.74, 6) is 0.0487. The summed E-state index contributed by atoms with van der Waals surface area (Å²) < 4.78 is 4.87. The van der Waals surface area contributed by atoms with Crippen LogP contribution in [0.25, 0.3) is 0 Å². The van der Waals surface area contributed by atoms with Crippen molar-refractivity contribution >= 4 is 21.9 Å². The number of ether oxygens (including phenoxy) is 1. The normalized spacial score (nSPS) is 12.2. The molecule has 0 bridgehead atoms. The molecule has 0 fully saturated rings. The van der Waals surface area contributed by atoms with Crippen LogP contribution in [0.5, 0.6) is 11.5 Å². The lowest BCUT2D eigenvalue weighted by atomic mass is 10.1. The van der Waals surface area contributed by atoms with Gasteiger partial charge >= 0.3 is 5.97 Å². The Hall–Kier alpha value is -1.03. The Bertz CT molecular complexity index is 347. The van der Waals surface area contributed by atoms with E-state index in [-0.39, 0.29) is 10.6 Å². The number of hydrogen-bond donors (Lipinski definition) is 1. The van der Waals surface area contributed by atoms with Gasteiger partial charge in [-0.05, 0) is 24.6 Å². The summed E-state index contributed by atoms with van der Waals surface area (Å²) in [4.78, 5) is 10.8. The van der Waals surface area contributed by atoms with Gasteiger partial charge in [-0.25, -0.2) is 0 Å². The molecule has 3 nitrogen and oxygen atoms in total. The van der Waals surface area contributed by atoms with Crippen molar-refractivity contribution in [1.82, 2.24) is 0 Å². The van der Waals surface area contributed by atoms with Gasteiger partial charge in [0.15, 0.2) is 0 Å². The summed E-state index contributed by atoms with van der Waals surface area (Å²) in [5.41, 5.74) is 0.862. The van der Waals surface area contributed by atoms with Crippen molar-refractivity contribution in [3.05, 3.63) is 23.8 Å². The minimum atomic E-state index is -0.399. The smallest absolute Gasteiger partial charge is 0.308 e. The number of hydrogen-bond acceptors (Lipinski definition) is 3. The average molecular weight is 259 g/mol. The summed E-state index contributed by atoms with van der Waals surface area (Å²) in [6.07, 6.45) is 0. The van der Waals surface area contributed by atoms with Crippen molar-refractivity contribution in [2.45, 2.75) is 18.7 Å². The highest BCUT2D eigenvalue weighted by atomic mass is 79.9. The predicted octanol–water partition coefficient (Wildman–Crippen LogP) is 2.77. The lowest BCUT2D eigenvalue weighted by Gasteiger charge is -2.07. The SMILES string of the molecule is CC(=O)Oc1cc(O)cc(C(C)Br)c1. The second kappa shape index (κ2) is 4.46. The van der Waals surface area contributed by atoms with E-state index < -0.39 is 5.97 Å². The first kappa shape index (κ1) is 11.0. The van der Waals surface area contributed by atoms with Gasteiger partial charge in [0.1, 0.15) is 11.5 Å². The van der Waals surface area contributed by atoms with E-state index in [1.165, 1.54) is 13.0 Å². The first-order valence-corrected chi connectivity index (χ1v) is 5.07. The molecule has 0 aliphatic rings. The van der Waals surface area contributed by atoms with Gasteiger partial charge in [0.25, 0.3) is 0 Å². The average Bonchev–Trinajstić information content (AvgIpc) is 2.01. The molecule has 0 radical (unpaired) electrons. The van der Waals surface area contributed by atoms with E-state index in [0.29, 0.717) is 5.75 Å². The molecule has 0 heterocycles. The molecule has 0 aromatic heterocycles. The highest BCUT2D eigenvalue weighted by Crippen LogP contribution is 2.29. The van der Waals surface area contributed by atoms with Crippen LogP contribution in [0.2, 0.25) is 0 Å². The molecule has 0 saturated heterocycles. The Kier molecular flexibility index (Phi) is 3.52. The second-order valence-corrected chi connectivity index (χ2v) is 4.34. The molecule has 1 atom stereocenters. The van der Waals surface area contributed by atoms with Crippen LogP contribution in [0.4, 0.5) is 0 Å². The van der Waals surface area contributed by atoms with Gasteiger partial charge in [0.2, 0.25) is 0 Å². The molecule has 76 valence electrons. The number of phenolic OH excluding ortho intramolecular Hbond substituents is 1. The van der Waals surface area contributed by atoms with Crippen LogP contribution in [0.15, 0.2) is 18.2 Å². The summed E-state index contributed by atoms with van der Waals surface area (Å²) in [7, 11) is 0. The molecule has 0 amide bonds. The Balaban J connectivity index is 3.01. The molecule has 0 aliphatic carbocycles. The van der Waals surface area contributed by atoms with Crippen molar-refractivity contribution in [1.29, 1.82) is 0 Å². The van der Waals surface area contributed by atoms with Crippen molar-refractivity contribution in [2.24, 2.45) is 0 Å². The molecule has 0 spiro atoms. The van der Waals surface area contributed by atoms with E-state index in [2.05, 4.69) is 15.9 Å². The summed E-state index contributed by atoms with van der Waals surface area (Å²) in [6, 6.07) is 4.73. The number of benzene rings is 1. The molecular formula is C10H11BrO3. The summed E-state index contributed by atoms with van der Waals surface area (Å²) in [5, 5.41) is 9.34. The van der Waals surface area contributed by atoms with Crippen LogP contribution in [0, 0.1) is 0 Å². The molecular weight excluding hydrogens is 248 g/mol. The number of carbonyl (C=O) groups is 1. The maximum atomic E-state index is 10.7. The van der Waals surface area contributed by atoms with Crippen LogP contribution in [0.1, 0.15) is 24.2 Å². The number of esters is 1. The van der Waals surface area contributed by atoms with Crippen LogP contribution in [-0.2, 0) is 4.79 Å². The van der Waals surface area contributed by atoms with E-state index >= 15 is 0 Å². The quantitative estimate of drug-likeness (QED) is 0.504. The van der Waals surface area contributed by atoms with Crippen LogP contribution in [-0.4, -0.2) is 11.1 Å². The standard InChI is InChI=1S/C10H11BrO3/c1-6(11)8-3-9(13)5-10(4-8)14-7(2)12/h3-6,13H,1-2H3. The van der Waals surface area contributed by atoms with Crippen LogP contribution < -0.4 is 4.74 Å². The Morgan fingerprint density at radius 1 is 1.50 bits per heavy atom. The maximum Gasteiger partial charge on any atom is 0.308 e. The number of aromatic hydroxyl groups is 1. The minimum absolute atomic E-state index is 0.0880. The third kappa shape index (κ3) is 3.03. The first-order valence-electron chi connectivity index (χ1n) is 4.15. The molecule has 4 heteroatoms. The Morgan fingerprint density at radius 2 is 2.14 bits per heavy atom. The van der Waals surface area contributed by atoms with Gasteiger partial charge in [0, 0.05) is 17.8 Å². The van der Waals surface area contributed by atoms with Crippen LogP contribution >= 0.6 is 15.9 Å². The number of phenols is 1. The van der Waals surface area contributed by atoms with E-state index in [9.17, 15) is 9.90 Å². The summed E-state index contributed by atoms with van der Waals surface area (Å²) in [6.45, 7) is 3.24. The molecule has 0 saturated carbocycles. The fourth-order valence-corrected chi connectivity index (χ4v) is 1.32. The van der Waals surface area contributed by atoms with E-state index in [4.69, 9.17) is 4.74 Å². The van der Waals surface area contributed by atoms with Gasteiger partial charge in [-0.3, -0.25) is 4.79 Å². The Labute approximate surface area is 90.8 Å². The van der Waals surface area contributed by atoms with Crippen molar-refractivity contribution in [3.63, 3.8) is 0 Å². The topological polar surface area (TPSA) is 46.5 Å². The molecule has 1 N–H and O–H groups in total. The number of halogens is 1. The maximum absolute atomic E-state index is 10.7. The minimum Gasteiger partial charge on any atom is -0.508 e. The second-order valence-electron chi connectivity index (χ2n) is 2.97. The highest BCUT2D eigenvalue weighted by molar-refractivity contribution is 9.09. The molecule has 0 aliphatic heterocycles. The van der Waals surface area contributed by atoms with Gasteiger partial charge in [-0.15, -0.1) is 0 Å². The van der Waals surface area contributed by atoms with Crippen LogP contribution in [0.3, 0.4) is 0 Å². The number of carbonyl (C=O) groups excluding carboxylic acids is 1. The third-order valence-corrected chi connectivity index (χ3v) is 2.16. The zero-order chi connectivity index (χ0) is 10.7. The zero-order valence-corrected chi connectivity index (χ0v) is 9.54. The van der Waals surface area contributed by atoms with Crippen molar-refractivity contribution in [3.8, 4) is 11.5 Å². The largest absolute Gasteiger partial charge is 0.508 e. The lowest BCUT2D eigenvalue weighted by molar-refractivity contribution is -0.131. The van der Waals surface area contributed by atoms with Gasteiger partial charge < -0.3 is 9.84 Å². The lowest BCUT2D eigenvalue weighted by Crippen LogP contribution is -2.01. The van der Waals surface area contributed by atoms with Crippen molar-refractivity contribution < 1.29 is 14.6 Å². The third-order valence-electron chi connectivity index (χ3n) is 1.63. The Morgan fingerprint density at radius 3 is 2.64 bits per heavy atom. The van der Waals surface area contributed by atoms with Gasteiger partial charge in [-0.1, -0.05) is 15.9 Å². The monoisotopic (exact) mass is 258 g/mol. The molecule has 1 rings (SSSR count). The van der Waals surface area contributed by atoms with Gasteiger partial charge in [0.05, 0.1) is 0 Å². The van der Waals surface area contributed by atoms with E-state index in [1.54, 1.807) is 12.1 Å². The molecule has 1 unspecified atom stereocenters. The fraction of sp³-hybridized carbons (Fsp3) is 0.300. The van der Waals surface area contributed by atoms with Crippen molar-refractivity contribution in [2.75, 3.05) is 0 Å². The number of alkyl halides is 1. The van der Waals surface area contributed by atoms with Gasteiger partial charge in [-0.2, -0.15) is 0 Å². The highest BCUT2D eigenvalue weighted by Gasteiger charge is 2.06. The molecule has 1 aromatic rings. The number of rotatable bonds is 2. The fourth-order valence-electron chi connectivity index (χ4n) is 1.06. The van der Waals surface area contributed by atoms with E-state index in [0.717, 1.165) is 5.56 Å². The first-order chi connectivity index (χ1) is 6.49. The zero-order valence-electron chi connectivity index (χ0n) is 7.95. The van der Waals surface area contributed by atoms with E-state index in [1.807, 2.05) is 6.92 Å². The summed E-state index contributed by atoms with van der Waals surface area (Å²) >= 11 is 3.37. The molecule has 14 heavy (non-hydrogen) atoms.